The summed E-state index contributed by atoms with van der Waals surface area (Å²) in [6.07, 6.45) is 0. The molecule has 1 amide bonds. The summed E-state index contributed by atoms with van der Waals surface area (Å²) in [4.78, 5) is 11.4. The number of hydrogen-bond acceptors (Lipinski definition) is 3. The molecule has 0 saturated carbocycles. The zero-order valence-corrected chi connectivity index (χ0v) is 11.4. The normalized spacial score (nSPS) is 10.7. The first kappa shape index (κ1) is 14.8. The quantitative estimate of drug-likeness (QED) is 0.740. The summed E-state index contributed by atoms with van der Waals surface area (Å²) in [5.41, 5.74) is 0.607. The summed E-state index contributed by atoms with van der Waals surface area (Å²) in [6, 6.07) is 4.95. The van der Waals surface area contributed by atoms with Gasteiger partial charge in [-0.15, -0.1) is 0 Å². The number of halogens is 1. The van der Waals surface area contributed by atoms with Crippen molar-refractivity contribution in [2.24, 2.45) is 5.92 Å². The van der Waals surface area contributed by atoms with Gasteiger partial charge in [0.2, 0.25) is 5.91 Å². The molecule has 5 heteroatoms. The Morgan fingerprint density at radius 1 is 1.44 bits per heavy atom. The Morgan fingerprint density at radius 2 is 2.17 bits per heavy atom. The molecule has 1 rings (SSSR count). The lowest BCUT2D eigenvalue weighted by Gasteiger charge is -2.10. The smallest absolute Gasteiger partial charge is 0.233 e. The van der Waals surface area contributed by atoms with Gasteiger partial charge >= 0.3 is 0 Å². The second-order valence-corrected chi connectivity index (χ2v) is 4.95. The maximum absolute atomic E-state index is 11.4. The van der Waals surface area contributed by atoms with E-state index in [2.05, 4.69) is 10.6 Å². The molecule has 18 heavy (non-hydrogen) atoms. The third kappa shape index (κ3) is 4.94. The van der Waals surface area contributed by atoms with Crippen LogP contribution in [0, 0.1) is 5.92 Å². The Morgan fingerprint density at radius 3 is 2.78 bits per heavy atom. The number of rotatable bonds is 6. The lowest BCUT2D eigenvalue weighted by molar-refractivity contribution is -0.120. The Hall–Kier alpha value is -1.26. The van der Waals surface area contributed by atoms with Crippen molar-refractivity contribution in [2.45, 2.75) is 20.4 Å². The van der Waals surface area contributed by atoms with Gasteiger partial charge in [0.25, 0.3) is 0 Å². The zero-order chi connectivity index (χ0) is 13.5. The maximum Gasteiger partial charge on any atom is 0.233 e. The van der Waals surface area contributed by atoms with Gasteiger partial charge in [0, 0.05) is 23.7 Å². The molecule has 0 fully saturated rings. The molecule has 100 valence electrons. The van der Waals surface area contributed by atoms with Gasteiger partial charge in [-0.1, -0.05) is 31.5 Å². The fraction of sp³-hybridized carbons (Fsp3) is 0.462. The number of phenols is 1. The second kappa shape index (κ2) is 7.24. The molecule has 1 aromatic carbocycles. The standard InChI is InChI=1S/C13H19ClN2O2/c1-9(2)6-16-13(18)8-15-7-10-11(14)4-3-5-12(10)17/h3-5,9,15,17H,6-8H2,1-2H3,(H,16,18). The van der Waals surface area contributed by atoms with E-state index in [9.17, 15) is 9.90 Å². The zero-order valence-electron chi connectivity index (χ0n) is 10.7. The number of carbonyl (C=O) groups excluding carboxylic acids is 1. The molecule has 0 aromatic heterocycles. The Balaban J connectivity index is 2.35. The first-order valence-electron chi connectivity index (χ1n) is 5.94. The fourth-order valence-electron chi connectivity index (χ4n) is 1.40. The number of nitrogens with one attached hydrogen (secondary N) is 2. The number of phenolic OH excluding ortho intramolecular Hbond substituents is 1. The number of amides is 1. The van der Waals surface area contributed by atoms with Crippen LogP contribution < -0.4 is 10.6 Å². The van der Waals surface area contributed by atoms with E-state index in [1.165, 1.54) is 0 Å². The molecule has 0 unspecified atom stereocenters. The van der Waals surface area contributed by atoms with Crippen LogP contribution in [0.5, 0.6) is 5.75 Å². The van der Waals surface area contributed by atoms with Crippen LogP contribution in [0.3, 0.4) is 0 Å². The van der Waals surface area contributed by atoms with Crippen LogP contribution >= 0.6 is 11.6 Å². The maximum atomic E-state index is 11.4. The molecule has 0 atom stereocenters. The molecule has 0 bridgehead atoms. The van der Waals surface area contributed by atoms with Gasteiger partial charge in [-0.25, -0.2) is 0 Å². The van der Waals surface area contributed by atoms with Gasteiger partial charge in [-0.05, 0) is 18.1 Å². The van der Waals surface area contributed by atoms with Gasteiger partial charge in [0.05, 0.1) is 6.54 Å². The average molecular weight is 271 g/mol. The SMILES string of the molecule is CC(C)CNC(=O)CNCc1c(O)cccc1Cl. The summed E-state index contributed by atoms with van der Waals surface area (Å²) < 4.78 is 0. The van der Waals surface area contributed by atoms with E-state index in [-0.39, 0.29) is 18.2 Å². The summed E-state index contributed by atoms with van der Waals surface area (Å²) in [6.45, 7) is 5.31. The molecule has 3 N–H and O–H groups in total. The van der Waals surface area contributed by atoms with Crippen LogP contribution in [0.4, 0.5) is 0 Å². The Kier molecular flexibility index (Phi) is 5.95. The topological polar surface area (TPSA) is 61.4 Å². The van der Waals surface area contributed by atoms with Crippen LogP contribution in [0.2, 0.25) is 5.02 Å². The van der Waals surface area contributed by atoms with E-state index in [1.54, 1.807) is 18.2 Å². The van der Waals surface area contributed by atoms with Gasteiger partial charge < -0.3 is 15.7 Å². The number of aromatic hydroxyl groups is 1. The highest BCUT2D eigenvalue weighted by atomic mass is 35.5. The molecule has 0 aliphatic rings. The summed E-state index contributed by atoms with van der Waals surface area (Å²) in [7, 11) is 0. The van der Waals surface area contributed by atoms with Crippen LogP contribution in [-0.2, 0) is 11.3 Å². The number of hydrogen-bond donors (Lipinski definition) is 3. The van der Waals surface area contributed by atoms with Crippen molar-refractivity contribution in [3.8, 4) is 5.75 Å². The van der Waals surface area contributed by atoms with Crippen LogP contribution in [0.1, 0.15) is 19.4 Å². The minimum Gasteiger partial charge on any atom is -0.508 e. The summed E-state index contributed by atoms with van der Waals surface area (Å²) in [5.74, 6) is 0.509. The summed E-state index contributed by atoms with van der Waals surface area (Å²) in [5, 5.41) is 15.8. The lowest BCUT2D eigenvalue weighted by atomic mass is 10.2. The fourth-order valence-corrected chi connectivity index (χ4v) is 1.64. The van der Waals surface area contributed by atoms with Crippen molar-refractivity contribution in [2.75, 3.05) is 13.1 Å². The van der Waals surface area contributed by atoms with Crippen molar-refractivity contribution in [3.05, 3.63) is 28.8 Å². The van der Waals surface area contributed by atoms with E-state index >= 15 is 0 Å². The molecule has 0 spiro atoms. The minimum atomic E-state index is -0.0600. The summed E-state index contributed by atoms with van der Waals surface area (Å²) >= 11 is 5.95. The number of benzene rings is 1. The predicted molar refractivity (Wildman–Crippen MR) is 72.7 cm³/mol. The molecule has 0 aliphatic heterocycles. The highest BCUT2D eigenvalue weighted by Gasteiger charge is 2.07. The molecule has 0 saturated heterocycles. The molecule has 0 aliphatic carbocycles. The molecular weight excluding hydrogens is 252 g/mol. The van der Waals surface area contributed by atoms with Crippen LogP contribution in [0.15, 0.2) is 18.2 Å². The second-order valence-electron chi connectivity index (χ2n) is 4.54. The molecule has 0 heterocycles. The molecule has 1 aromatic rings. The lowest BCUT2D eigenvalue weighted by Crippen LogP contribution is -2.35. The average Bonchev–Trinajstić information content (AvgIpc) is 2.30. The van der Waals surface area contributed by atoms with Crippen LogP contribution in [0.25, 0.3) is 0 Å². The molecule has 0 radical (unpaired) electrons. The number of carbonyl (C=O) groups is 1. The van der Waals surface area contributed by atoms with Crippen LogP contribution in [-0.4, -0.2) is 24.1 Å². The molecular formula is C13H19ClN2O2. The monoisotopic (exact) mass is 270 g/mol. The highest BCUT2D eigenvalue weighted by Crippen LogP contribution is 2.24. The van der Waals surface area contributed by atoms with Crippen molar-refractivity contribution < 1.29 is 9.90 Å². The predicted octanol–water partition coefficient (Wildman–Crippen LogP) is 1.91. The van der Waals surface area contributed by atoms with Crippen molar-refractivity contribution in [1.29, 1.82) is 0 Å². The van der Waals surface area contributed by atoms with Gasteiger partial charge in [0.15, 0.2) is 0 Å². The van der Waals surface area contributed by atoms with E-state index in [0.29, 0.717) is 29.6 Å². The third-order valence-electron chi connectivity index (χ3n) is 2.39. The van der Waals surface area contributed by atoms with Crippen molar-refractivity contribution >= 4 is 17.5 Å². The molecule has 4 nitrogen and oxygen atoms in total. The Bertz CT molecular complexity index is 388. The minimum absolute atomic E-state index is 0.0600. The first-order valence-corrected chi connectivity index (χ1v) is 6.32. The van der Waals surface area contributed by atoms with E-state index in [0.717, 1.165) is 0 Å². The van der Waals surface area contributed by atoms with Gasteiger partial charge in [0.1, 0.15) is 5.75 Å². The van der Waals surface area contributed by atoms with Gasteiger partial charge in [-0.3, -0.25) is 4.79 Å². The first-order chi connectivity index (χ1) is 8.50. The third-order valence-corrected chi connectivity index (χ3v) is 2.74. The van der Waals surface area contributed by atoms with E-state index in [1.807, 2.05) is 13.8 Å². The largest absolute Gasteiger partial charge is 0.508 e. The van der Waals surface area contributed by atoms with Crippen molar-refractivity contribution in [1.82, 2.24) is 10.6 Å². The highest BCUT2D eigenvalue weighted by molar-refractivity contribution is 6.31. The Labute approximate surface area is 112 Å². The van der Waals surface area contributed by atoms with Crippen molar-refractivity contribution in [3.63, 3.8) is 0 Å². The van der Waals surface area contributed by atoms with E-state index < -0.39 is 0 Å². The van der Waals surface area contributed by atoms with Gasteiger partial charge in [-0.2, -0.15) is 0 Å². The van der Waals surface area contributed by atoms with E-state index in [4.69, 9.17) is 11.6 Å².